The topological polar surface area (TPSA) is 69.8 Å². The standard InChI is InChI=1S/C16H17ClN4O.ClH/c17-14-4-2-1-3-12(14)15-13(10-20-21-15)16(22)19-9-11-5-7-18-8-6-11;/h1-5,10,18H,6-9H2,(H,19,22)(H,20,21);1H. The molecule has 0 radical (unpaired) electrons. The Labute approximate surface area is 145 Å². The van der Waals surface area contributed by atoms with Crippen molar-refractivity contribution in [3.8, 4) is 11.3 Å². The number of nitrogens with one attached hydrogen (secondary N) is 3. The minimum atomic E-state index is -0.150. The van der Waals surface area contributed by atoms with Gasteiger partial charge in [-0.05, 0) is 19.0 Å². The molecule has 0 atom stereocenters. The number of benzene rings is 1. The van der Waals surface area contributed by atoms with Crippen LogP contribution in [-0.4, -0.2) is 35.7 Å². The molecule has 7 heteroatoms. The van der Waals surface area contributed by atoms with Gasteiger partial charge in [0.2, 0.25) is 0 Å². The third-order valence-corrected chi connectivity index (χ3v) is 3.99. The van der Waals surface area contributed by atoms with Gasteiger partial charge >= 0.3 is 0 Å². The van der Waals surface area contributed by atoms with Crippen LogP contribution in [0.2, 0.25) is 5.02 Å². The molecule has 3 rings (SSSR count). The third kappa shape index (κ3) is 4.13. The molecule has 0 fully saturated rings. The van der Waals surface area contributed by atoms with E-state index in [9.17, 15) is 4.79 Å². The van der Waals surface area contributed by atoms with Crippen molar-refractivity contribution >= 4 is 29.9 Å². The maximum atomic E-state index is 12.4. The predicted octanol–water partition coefficient (Wildman–Crippen LogP) is 2.80. The minimum absolute atomic E-state index is 0. The molecule has 0 spiro atoms. The van der Waals surface area contributed by atoms with Gasteiger partial charge in [-0.1, -0.05) is 41.4 Å². The van der Waals surface area contributed by atoms with Gasteiger partial charge in [0.1, 0.15) is 0 Å². The average Bonchev–Trinajstić information content (AvgIpc) is 3.03. The number of hydrogen-bond donors (Lipinski definition) is 3. The summed E-state index contributed by atoms with van der Waals surface area (Å²) in [6.45, 7) is 2.38. The van der Waals surface area contributed by atoms with E-state index in [-0.39, 0.29) is 18.3 Å². The van der Waals surface area contributed by atoms with Crippen LogP contribution in [0.5, 0.6) is 0 Å². The Kier molecular flexibility index (Phi) is 6.21. The molecule has 2 heterocycles. The van der Waals surface area contributed by atoms with Crippen molar-refractivity contribution in [3.05, 3.63) is 52.7 Å². The lowest BCUT2D eigenvalue weighted by atomic mass is 10.1. The lowest BCUT2D eigenvalue weighted by molar-refractivity contribution is 0.0957. The van der Waals surface area contributed by atoms with Gasteiger partial charge in [0.25, 0.3) is 5.91 Å². The highest BCUT2D eigenvalue weighted by molar-refractivity contribution is 6.33. The van der Waals surface area contributed by atoms with E-state index in [1.54, 1.807) is 6.07 Å². The maximum absolute atomic E-state index is 12.4. The van der Waals surface area contributed by atoms with E-state index in [1.807, 2.05) is 18.2 Å². The SMILES string of the molecule is Cl.O=C(NCC1=CCNCC1)c1cn[nH]c1-c1ccccc1Cl. The fraction of sp³-hybridized carbons (Fsp3) is 0.250. The predicted molar refractivity (Wildman–Crippen MR) is 94.2 cm³/mol. The van der Waals surface area contributed by atoms with Crippen molar-refractivity contribution in [1.29, 1.82) is 0 Å². The van der Waals surface area contributed by atoms with Crippen LogP contribution in [0.1, 0.15) is 16.8 Å². The highest BCUT2D eigenvalue weighted by Gasteiger charge is 2.17. The van der Waals surface area contributed by atoms with E-state index in [0.29, 0.717) is 22.8 Å². The zero-order valence-corrected chi connectivity index (χ0v) is 14.0. The Balaban J connectivity index is 0.00000192. The molecule has 0 bridgehead atoms. The van der Waals surface area contributed by atoms with Crippen molar-refractivity contribution in [2.24, 2.45) is 0 Å². The fourth-order valence-electron chi connectivity index (χ4n) is 2.45. The molecule has 3 N–H and O–H groups in total. The number of H-pyrrole nitrogens is 1. The summed E-state index contributed by atoms with van der Waals surface area (Å²) >= 11 is 6.20. The van der Waals surface area contributed by atoms with Crippen molar-refractivity contribution in [1.82, 2.24) is 20.8 Å². The summed E-state index contributed by atoms with van der Waals surface area (Å²) in [7, 11) is 0. The summed E-state index contributed by atoms with van der Waals surface area (Å²) in [5.74, 6) is -0.150. The number of rotatable bonds is 4. The molecular weight excluding hydrogens is 335 g/mol. The molecule has 1 aromatic carbocycles. The first-order valence-corrected chi connectivity index (χ1v) is 7.58. The van der Waals surface area contributed by atoms with Gasteiger partial charge in [-0.25, -0.2) is 0 Å². The Morgan fingerprint density at radius 2 is 2.17 bits per heavy atom. The molecule has 23 heavy (non-hydrogen) atoms. The summed E-state index contributed by atoms with van der Waals surface area (Å²) < 4.78 is 0. The Morgan fingerprint density at radius 1 is 1.35 bits per heavy atom. The van der Waals surface area contributed by atoms with Gasteiger partial charge in [-0.15, -0.1) is 12.4 Å². The van der Waals surface area contributed by atoms with Crippen molar-refractivity contribution < 1.29 is 4.79 Å². The van der Waals surface area contributed by atoms with Gasteiger partial charge in [0.15, 0.2) is 0 Å². The first-order valence-electron chi connectivity index (χ1n) is 7.21. The van der Waals surface area contributed by atoms with E-state index in [4.69, 9.17) is 11.6 Å². The van der Waals surface area contributed by atoms with Gasteiger partial charge in [-0.2, -0.15) is 5.10 Å². The molecule has 0 saturated heterocycles. The molecule has 2 aromatic rings. The maximum Gasteiger partial charge on any atom is 0.255 e. The van der Waals surface area contributed by atoms with Crippen LogP contribution in [0.25, 0.3) is 11.3 Å². The second kappa shape index (κ2) is 8.15. The van der Waals surface area contributed by atoms with E-state index in [2.05, 4.69) is 26.9 Å². The van der Waals surface area contributed by atoms with Crippen LogP contribution in [0.3, 0.4) is 0 Å². The second-order valence-electron chi connectivity index (χ2n) is 5.14. The summed E-state index contributed by atoms with van der Waals surface area (Å²) in [6, 6.07) is 7.39. The molecule has 0 unspecified atom stereocenters. The molecule has 5 nitrogen and oxygen atoms in total. The average molecular weight is 353 g/mol. The van der Waals surface area contributed by atoms with Crippen LogP contribution < -0.4 is 10.6 Å². The van der Waals surface area contributed by atoms with Crippen LogP contribution in [0.15, 0.2) is 42.1 Å². The van der Waals surface area contributed by atoms with Gasteiger partial charge < -0.3 is 10.6 Å². The number of amides is 1. The van der Waals surface area contributed by atoms with E-state index in [0.717, 1.165) is 25.1 Å². The number of halogens is 2. The van der Waals surface area contributed by atoms with Gasteiger partial charge in [0, 0.05) is 23.7 Å². The molecule has 122 valence electrons. The van der Waals surface area contributed by atoms with E-state index in [1.165, 1.54) is 11.8 Å². The molecule has 0 aliphatic carbocycles. The lowest BCUT2D eigenvalue weighted by Crippen LogP contribution is -2.29. The van der Waals surface area contributed by atoms with E-state index < -0.39 is 0 Å². The summed E-state index contributed by atoms with van der Waals surface area (Å²) in [5.41, 5.74) is 3.16. The largest absolute Gasteiger partial charge is 0.348 e. The summed E-state index contributed by atoms with van der Waals surface area (Å²) in [6.07, 6.45) is 4.61. The lowest BCUT2D eigenvalue weighted by Gasteiger charge is -2.14. The smallest absolute Gasteiger partial charge is 0.255 e. The number of carbonyl (C=O) groups excluding carboxylic acids is 1. The molecular formula is C16H18Cl2N4O. The molecule has 1 aliphatic heterocycles. The molecule has 1 aromatic heterocycles. The zero-order valence-electron chi connectivity index (χ0n) is 12.4. The number of aromatic amines is 1. The monoisotopic (exact) mass is 352 g/mol. The zero-order chi connectivity index (χ0) is 15.4. The third-order valence-electron chi connectivity index (χ3n) is 3.66. The van der Waals surface area contributed by atoms with Crippen LogP contribution in [-0.2, 0) is 0 Å². The highest BCUT2D eigenvalue weighted by atomic mass is 35.5. The Morgan fingerprint density at radius 3 is 2.91 bits per heavy atom. The van der Waals surface area contributed by atoms with E-state index >= 15 is 0 Å². The van der Waals surface area contributed by atoms with Crippen LogP contribution >= 0.6 is 24.0 Å². The molecule has 0 saturated carbocycles. The quantitative estimate of drug-likeness (QED) is 0.741. The summed E-state index contributed by atoms with van der Waals surface area (Å²) in [5, 5.41) is 13.6. The fourth-order valence-corrected chi connectivity index (χ4v) is 2.68. The number of carbonyl (C=O) groups is 1. The van der Waals surface area contributed by atoms with Gasteiger partial charge in [-0.3, -0.25) is 9.89 Å². The van der Waals surface area contributed by atoms with Crippen molar-refractivity contribution in [3.63, 3.8) is 0 Å². The summed E-state index contributed by atoms with van der Waals surface area (Å²) in [4.78, 5) is 12.4. The number of hydrogen-bond acceptors (Lipinski definition) is 3. The number of aromatic nitrogens is 2. The first kappa shape index (κ1) is 17.5. The minimum Gasteiger partial charge on any atom is -0.348 e. The first-order chi connectivity index (χ1) is 10.8. The Bertz CT molecular complexity index is 712. The van der Waals surface area contributed by atoms with Crippen molar-refractivity contribution in [2.75, 3.05) is 19.6 Å². The van der Waals surface area contributed by atoms with Gasteiger partial charge in [0.05, 0.1) is 17.5 Å². The van der Waals surface area contributed by atoms with Crippen molar-refractivity contribution in [2.45, 2.75) is 6.42 Å². The Hall–Kier alpha value is -1.82. The highest BCUT2D eigenvalue weighted by Crippen LogP contribution is 2.28. The number of nitrogens with zero attached hydrogens (tertiary/aromatic N) is 1. The normalized spacial score (nSPS) is 13.9. The van der Waals surface area contributed by atoms with Crippen LogP contribution in [0.4, 0.5) is 0 Å². The molecule has 1 amide bonds. The second-order valence-corrected chi connectivity index (χ2v) is 5.54. The molecule has 1 aliphatic rings. The van der Waals surface area contributed by atoms with Crippen LogP contribution in [0, 0.1) is 0 Å².